The van der Waals surface area contributed by atoms with Gasteiger partial charge in [-0.2, -0.15) is 0 Å². The van der Waals surface area contributed by atoms with Gasteiger partial charge in [-0.1, -0.05) is 17.7 Å². The van der Waals surface area contributed by atoms with Gasteiger partial charge in [-0.3, -0.25) is 4.90 Å². The summed E-state index contributed by atoms with van der Waals surface area (Å²) in [7, 11) is 1.78. The van der Waals surface area contributed by atoms with Gasteiger partial charge in [0.05, 0.1) is 11.1 Å². The Labute approximate surface area is 110 Å². The molecule has 1 atom stereocenters. The molecule has 0 N–H and O–H groups in total. The Morgan fingerprint density at radius 3 is 3.00 bits per heavy atom. The maximum Gasteiger partial charge on any atom is 0.0710 e. The van der Waals surface area contributed by atoms with E-state index in [9.17, 15) is 0 Å². The molecule has 1 aliphatic heterocycles. The molecule has 1 aliphatic rings. The Morgan fingerprint density at radius 2 is 2.38 bits per heavy atom. The zero-order valence-corrected chi connectivity index (χ0v) is 11.6. The average molecular weight is 305 g/mol. The molecule has 1 aromatic carbocycles. The van der Waals surface area contributed by atoms with E-state index >= 15 is 0 Å². The molecule has 0 aromatic heterocycles. The molecule has 0 amide bonds. The predicted molar refractivity (Wildman–Crippen MR) is 69.8 cm³/mol. The summed E-state index contributed by atoms with van der Waals surface area (Å²) in [4.78, 5) is 2.41. The molecular weight excluding hydrogens is 289 g/mol. The van der Waals surface area contributed by atoms with Gasteiger partial charge in [-0.15, -0.1) is 0 Å². The van der Waals surface area contributed by atoms with Crippen molar-refractivity contribution in [2.24, 2.45) is 0 Å². The molecule has 1 aromatic rings. The predicted octanol–water partition coefficient (Wildman–Crippen LogP) is 3.32. The van der Waals surface area contributed by atoms with Crippen LogP contribution in [0.5, 0.6) is 0 Å². The summed E-state index contributed by atoms with van der Waals surface area (Å²) in [5.41, 5.74) is 1.29. The number of hydrogen-bond acceptors (Lipinski definition) is 2. The molecular formula is C12H15BrClNO. The van der Waals surface area contributed by atoms with Gasteiger partial charge in [0.15, 0.2) is 0 Å². The maximum absolute atomic E-state index is 5.96. The van der Waals surface area contributed by atoms with E-state index in [1.807, 2.05) is 6.07 Å². The average Bonchev–Trinajstić information content (AvgIpc) is 2.71. The number of halogens is 2. The minimum absolute atomic E-state index is 0.399. The fourth-order valence-corrected chi connectivity index (χ4v) is 2.57. The van der Waals surface area contributed by atoms with Crippen LogP contribution in [0.25, 0.3) is 0 Å². The quantitative estimate of drug-likeness (QED) is 0.849. The number of ether oxygens (including phenoxy) is 1. The highest BCUT2D eigenvalue weighted by Gasteiger charge is 2.21. The summed E-state index contributed by atoms with van der Waals surface area (Å²) in [5.74, 6) is 0. The SMILES string of the molecule is COC1CCN(Cc2ccc(Cl)c(Br)c2)C1. The molecule has 0 spiro atoms. The Hall–Kier alpha value is -0.0900. The van der Waals surface area contributed by atoms with Crippen molar-refractivity contribution < 1.29 is 4.74 Å². The molecule has 16 heavy (non-hydrogen) atoms. The van der Waals surface area contributed by atoms with Crippen molar-refractivity contribution in [3.63, 3.8) is 0 Å². The van der Waals surface area contributed by atoms with Crippen LogP contribution in [-0.4, -0.2) is 31.2 Å². The molecule has 88 valence electrons. The van der Waals surface area contributed by atoms with Crippen LogP contribution in [0, 0.1) is 0 Å². The van der Waals surface area contributed by atoms with Gasteiger partial charge < -0.3 is 4.74 Å². The number of benzene rings is 1. The molecule has 0 radical (unpaired) electrons. The lowest BCUT2D eigenvalue weighted by molar-refractivity contribution is 0.107. The second-order valence-electron chi connectivity index (χ2n) is 4.13. The highest BCUT2D eigenvalue weighted by atomic mass is 79.9. The molecule has 1 fully saturated rings. The third-order valence-corrected chi connectivity index (χ3v) is 4.17. The minimum atomic E-state index is 0.399. The lowest BCUT2D eigenvalue weighted by atomic mass is 10.2. The van der Waals surface area contributed by atoms with Gasteiger partial charge in [-0.25, -0.2) is 0 Å². The number of likely N-dealkylation sites (tertiary alicyclic amines) is 1. The fourth-order valence-electron chi connectivity index (χ4n) is 2.03. The highest BCUT2D eigenvalue weighted by Crippen LogP contribution is 2.24. The number of hydrogen-bond donors (Lipinski definition) is 0. The van der Waals surface area contributed by atoms with Crippen LogP contribution in [0.4, 0.5) is 0 Å². The summed E-state index contributed by atoms with van der Waals surface area (Å²) in [6.07, 6.45) is 1.53. The van der Waals surface area contributed by atoms with Crippen LogP contribution in [0.1, 0.15) is 12.0 Å². The summed E-state index contributed by atoms with van der Waals surface area (Å²) < 4.78 is 6.32. The molecule has 0 bridgehead atoms. The molecule has 4 heteroatoms. The van der Waals surface area contributed by atoms with Crippen LogP contribution in [0.3, 0.4) is 0 Å². The molecule has 0 aliphatic carbocycles. The van der Waals surface area contributed by atoms with Crippen molar-refractivity contribution in [1.82, 2.24) is 4.90 Å². The first-order valence-corrected chi connectivity index (χ1v) is 6.55. The van der Waals surface area contributed by atoms with Gasteiger partial charge in [-0.05, 0) is 40.0 Å². The van der Waals surface area contributed by atoms with Crippen molar-refractivity contribution in [2.45, 2.75) is 19.1 Å². The van der Waals surface area contributed by atoms with Gasteiger partial charge in [0, 0.05) is 31.2 Å². The number of methoxy groups -OCH3 is 1. The fraction of sp³-hybridized carbons (Fsp3) is 0.500. The summed E-state index contributed by atoms with van der Waals surface area (Å²) in [6, 6.07) is 6.10. The van der Waals surface area contributed by atoms with Gasteiger partial charge in [0.25, 0.3) is 0 Å². The smallest absolute Gasteiger partial charge is 0.0710 e. The van der Waals surface area contributed by atoms with Crippen molar-refractivity contribution in [3.05, 3.63) is 33.3 Å². The molecule has 2 rings (SSSR count). The van der Waals surface area contributed by atoms with E-state index in [0.29, 0.717) is 6.10 Å². The highest BCUT2D eigenvalue weighted by molar-refractivity contribution is 9.10. The van der Waals surface area contributed by atoms with Crippen molar-refractivity contribution in [2.75, 3.05) is 20.2 Å². The molecule has 2 nitrogen and oxygen atoms in total. The van der Waals surface area contributed by atoms with E-state index in [-0.39, 0.29) is 0 Å². The first kappa shape index (κ1) is 12.4. The van der Waals surface area contributed by atoms with Crippen molar-refractivity contribution in [3.8, 4) is 0 Å². The largest absolute Gasteiger partial charge is 0.380 e. The second-order valence-corrected chi connectivity index (χ2v) is 5.39. The van der Waals surface area contributed by atoms with E-state index in [0.717, 1.165) is 35.6 Å². The van der Waals surface area contributed by atoms with E-state index < -0.39 is 0 Å². The lowest BCUT2D eigenvalue weighted by Gasteiger charge is -2.15. The lowest BCUT2D eigenvalue weighted by Crippen LogP contribution is -2.22. The Bertz CT molecular complexity index is 372. The Balaban J connectivity index is 1.97. The number of rotatable bonds is 3. The van der Waals surface area contributed by atoms with Gasteiger partial charge >= 0.3 is 0 Å². The molecule has 1 saturated heterocycles. The summed E-state index contributed by atoms with van der Waals surface area (Å²) in [5, 5.41) is 0.764. The first-order valence-electron chi connectivity index (χ1n) is 5.38. The maximum atomic E-state index is 5.96. The van der Waals surface area contributed by atoms with E-state index in [2.05, 4.69) is 33.0 Å². The van der Waals surface area contributed by atoms with Crippen LogP contribution in [0.2, 0.25) is 5.02 Å². The van der Waals surface area contributed by atoms with Crippen LogP contribution in [-0.2, 0) is 11.3 Å². The molecule has 0 saturated carbocycles. The van der Waals surface area contributed by atoms with Crippen molar-refractivity contribution >= 4 is 27.5 Å². The zero-order chi connectivity index (χ0) is 11.5. The van der Waals surface area contributed by atoms with Gasteiger partial charge in [0.1, 0.15) is 0 Å². The van der Waals surface area contributed by atoms with Gasteiger partial charge in [0.2, 0.25) is 0 Å². The van der Waals surface area contributed by atoms with E-state index in [4.69, 9.17) is 16.3 Å². The van der Waals surface area contributed by atoms with Crippen molar-refractivity contribution in [1.29, 1.82) is 0 Å². The summed E-state index contributed by atoms with van der Waals surface area (Å²) >= 11 is 9.41. The monoisotopic (exact) mass is 303 g/mol. The zero-order valence-electron chi connectivity index (χ0n) is 9.25. The van der Waals surface area contributed by atoms with Crippen LogP contribution >= 0.6 is 27.5 Å². The minimum Gasteiger partial charge on any atom is -0.380 e. The standard InChI is InChI=1S/C12H15BrClNO/c1-16-10-4-5-15(8-10)7-9-2-3-12(14)11(13)6-9/h2-3,6,10H,4-5,7-8H2,1H3. The second kappa shape index (κ2) is 5.50. The molecule has 1 unspecified atom stereocenters. The van der Waals surface area contributed by atoms with Crippen LogP contribution < -0.4 is 0 Å². The summed E-state index contributed by atoms with van der Waals surface area (Å²) in [6.45, 7) is 3.10. The Morgan fingerprint density at radius 1 is 1.56 bits per heavy atom. The van der Waals surface area contributed by atoms with Crippen LogP contribution in [0.15, 0.2) is 22.7 Å². The third kappa shape index (κ3) is 2.98. The van der Waals surface area contributed by atoms with E-state index in [1.54, 1.807) is 7.11 Å². The Kier molecular flexibility index (Phi) is 4.25. The van der Waals surface area contributed by atoms with E-state index in [1.165, 1.54) is 5.56 Å². The normalized spacial score (nSPS) is 21.6. The third-order valence-electron chi connectivity index (χ3n) is 2.95. The first-order chi connectivity index (χ1) is 7.69. The number of nitrogens with zero attached hydrogens (tertiary/aromatic N) is 1. The molecule has 1 heterocycles. The topological polar surface area (TPSA) is 12.5 Å².